The second-order valence-corrected chi connectivity index (χ2v) is 8.29. The molecule has 0 unspecified atom stereocenters. The van der Waals surface area contributed by atoms with Crippen LogP contribution in [0.5, 0.6) is 0 Å². The lowest BCUT2D eigenvalue weighted by Crippen LogP contribution is -2.51. The van der Waals surface area contributed by atoms with Gasteiger partial charge in [0, 0.05) is 50.2 Å². The Kier molecular flexibility index (Phi) is 5.86. The van der Waals surface area contributed by atoms with Gasteiger partial charge < -0.3 is 19.4 Å². The molecule has 178 valence electrons. The molecule has 0 saturated carbocycles. The summed E-state index contributed by atoms with van der Waals surface area (Å²) in [5, 5.41) is 0.738. The third-order valence-corrected chi connectivity index (χ3v) is 6.12. The van der Waals surface area contributed by atoms with Crippen molar-refractivity contribution in [2.75, 3.05) is 26.2 Å². The zero-order chi connectivity index (χ0) is 24.5. The molecule has 3 aromatic heterocycles. The molecule has 10 heteroatoms. The van der Waals surface area contributed by atoms with Crippen LogP contribution in [0.3, 0.4) is 0 Å². The molecular weight excluding hydrogens is 456 g/mol. The van der Waals surface area contributed by atoms with Crippen LogP contribution in [-0.2, 0) is 6.54 Å². The van der Waals surface area contributed by atoms with Crippen molar-refractivity contribution < 1.29 is 18.4 Å². The van der Waals surface area contributed by atoms with E-state index < -0.39 is 23.1 Å². The van der Waals surface area contributed by atoms with Crippen LogP contribution in [0.15, 0.2) is 65.8 Å². The molecule has 1 aromatic carbocycles. The van der Waals surface area contributed by atoms with Crippen LogP contribution >= 0.6 is 0 Å². The first-order chi connectivity index (χ1) is 16.9. The maximum absolute atomic E-state index is 13.5. The summed E-state index contributed by atoms with van der Waals surface area (Å²) in [6.45, 7) is 1.21. The van der Waals surface area contributed by atoms with Crippen molar-refractivity contribution >= 4 is 22.8 Å². The van der Waals surface area contributed by atoms with Crippen LogP contribution in [0.25, 0.3) is 11.0 Å². The Balaban J connectivity index is 1.28. The number of amides is 2. The summed E-state index contributed by atoms with van der Waals surface area (Å²) in [7, 11) is 0. The Morgan fingerprint density at radius 1 is 0.914 bits per heavy atom. The van der Waals surface area contributed by atoms with Crippen LogP contribution in [-0.4, -0.2) is 62.3 Å². The predicted molar refractivity (Wildman–Crippen MR) is 124 cm³/mol. The first kappa shape index (κ1) is 22.5. The monoisotopic (exact) mass is 477 g/mol. The molecular formula is C25H21F2N5O3. The van der Waals surface area contributed by atoms with Gasteiger partial charge >= 0.3 is 0 Å². The molecule has 8 nitrogen and oxygen atoms in total. The number of halogens is 2. The molecule has 0 atom stereocenters. The van der Waals surface area contributed by atoms with E-state index in [2.05, 4.69) is 9.97 Å². The lowest BCUT2D eigenvalue weighted by Gasteiger charge is -2.34. The lowest BCUT2D eigenvalue weighted by molar-refractivity contribution is 0.0535. The van der Waals surface area contributed by atoms with Crippen molar-refractivity contribution in [2.24, 2.45) is 0 Å². The fourth-order valence-electron chi connectivity index (χ4n) is 4.25. The van der Waals surface area contributed by atoms with Gasteiger partial charge in [-0.05, 0) is 42.0 Å². The molecule has 1 aliphatic rings. The molecule has 4 heterocycles. The smallest absolute Gasteiger partial charge is 0.263 e. The predicted octanol–water partition coefficient (Wildman–Crippen LogP) is 2.65. The van der Waals surface area contributed by atoms with Crippen molar-refractivity contribution in [3.8, 4) is 0 Å². The van der Waals surface area contributed by atoms with E-state index in [-0.39, 0.29) is 31.1 Å². The normalized spacial score (nSPS) is 13.9. The van der Waals surface area contributed by atoms with Gasteiger partial charge in [-0.15, -0.1) is 0 Å². The van der Waals surface area contributed by atoms with Gasteiger partial charge in [-0.2, -0.15) is 0 Å². The number of nitrogens with one attached hydrogen (secondary N) is 1. The summed E-state index contributed by atoms with van der Waals surface area (Å²) in [5.41, 5.74) is 1.02. The molecule has 1 saturated heterocycles. The molecule has 0 aliphatic carbocycles. The minimum atomic E-state index is -1.00. The van der Waals surface area contributed by atoms with Gasteiger partial charge in [0.15, 0.2) is 11.6 Å². The number of benzene rings is 1. The molecule has 4 aromatic rings. The Hall–Kier alpha value is -4.34. The molecule has 2 amide bonds. The first-order valence-electron chi connectivity index (χ1n) is 11.1. The topological polar surface area (TPSA) is 91.3 Å². The number of hydrogen-bond donors (Lipinski definition) is 1. The Morgan fingerprint density at radius 2 is 1.63 bits per heavy atom. The van der Waals surface area contributed by atoms with Crippen LogP contribution in [0.1, 0.15) is 26.3 Å². The number of carbonyl (C=O) groups excluding carboxylic acids is 2. The minimum absolute atomic E-state index is 0.00108. The third-order valence-electron chi connectivity index (χ3n) is 6.12. The fourth-order valence-corrected chi connectivity index (χ4v) is 4.25. The van der Waals surface area contributed by atoms with Crippen molar-refractivity contribution in [3.05, 3.63) is 99.7 Å². The van der Waals surface area contributed by atoms with E-state index in [0.717, 1.165) is 17.5 Å². The van der Waals surface area contributed by atoms with Crippen LogP contribution < -0.4 is 5.56 Å². The van der Waals surface area contributed by atoms with Crippen molar-refractivity contribution in [2.45, 2.75) is 6.54 Å². The molecule has 1 aliphatic heterocycles. The number of aromatic amines is 1. The van der Waals surface area contributed by atoms with Gasteiger partial charge in [0.1, 0.15) is 11.2 Å². The lowest BCUT2D eigenvalue weighted by atomic mass is 10.1. The largest absolute Gasteiger partial charge is 0.345 e. The standard InChI is InChI=1S/C25H21F2N5O3/c26-20-6-5-16(13-21(20)27)15-32-8-2-4-18(24(32)34)23(33)30-9-11-31(12-10-30)25(35)19-14-29-22-17(19)3-1-7-28-22/h1-8,13-14H,9-12,15H2,(H,28,29). The second kappa shape index (κ2) is 9.13. The quantitative estimate of drug-likeness (QED) is 0.489. The van der Waals surface area contributed by atoms with Crippen LogP contribution in [0, 0.1) is 11.6 Å². The van der Waals surface area contributed by atoms with E-state index in [0.29, 0.717) is 29.9 Å². The van der Waals surface area contributed by atoms with Crippen molar-refractivity contribution in [3.63, 3.8) is 0 Å². The first-order valence-corrected chi connectivity index (χ1v) is 11.1. The summed E-state index contributed by atoms with van der Waals surface area (Å²) < 4.78 is 28.0. The highest BCUT2D eigenvalue weighted by atomic mass is 19.2. The van der Waals surface area contributed by atoms with E-state index in [4.69, 9.17) is 0 Å². The Labute approximate surface area is 198 Å². The molecule has 1 fully saturated rings. The molecule has 0 spiro atoms. The van der Waals surface area contributed by atoms with E-state index in [1.165, 1.54) is 22.9 Å². The zero-order valence-corrected chi connectivity index (χ0v) is 18.6. The maximum atomic E-state index is 13.5. The highest BCUT2D eigenvalue weighted by Gasteiger charge is 2.28. The van der Waals surface area contributed by atoms with Crippen molar-refractivity contribution in [1.29, 1.82) is 0 Å². The number of pyridine rings is 2. The van der Waals surface area contributed by atoms with E-state index in [1.54, 1.807) is 34.3 Å². The second-order valence-electron chi connectivity index (χ2n) is 8.29. The SMILES string of the molecule is O=C(c1cccn(Cc2ccc(F)c(F)c2)c1=O)N1CCN(C(=O)c2c[nH]c3ncccc23)CC1. The van der Waals surface area contributed by atoms with Crippen LogP contribution in [0.4, 0.5) is 8.78 Å². The summed E-state index contributed by atoms with van der Waals surface area (Å²) >= 11 is 0. The van der Waals surface area contributed by atoms with E-state index in [1.807, 2.05) is 6.07 Å². The van der Waals surface area contributed by atoms with Crippen LogP contribution in [0.2, 0.25) is 0 Å². The highest BCUT2D eigenvalue weighted by molar-refractivity contribution is 6.06. The van der Waals surface area contributed by atoms with E-state index >= 15 is 0 Å². The molecule has 1 N–H and O–H groups in total. The van der Waals surface area contributed by atoms with Gasteiger partial charge in [-0.1, -0.05) is 6.07 Å². The molecule has 35 heavy (non-hydrogen) atoms. The Morgan fingerprint density at radius 3 is 2.34 bits per heavy atom. The summed E-state index contributed by atoms with van der Waals surface area (Å²) in [5.74, 6) is -2.55. The number of nitrogens with zero attached hydrogens (tertiary/aromatic N) is 4. The number of hydrogen-bond acceptors (Lipinski definition) is 4. The molecule has 5 rings (SSSR count). The maximum Gasteiger partial charge on any atom is 0.263 e. The number of carbonyl (C=O) groups is 2. The van der Waals surface area contributed by atoms with Gasteiger partial charge in [0.2, 0.25) is 0 Å². The zero-order valence-electron chi connectivity index (χ0n) is 18.6. The number of rotatable bonds is 4. The Bertz CT molecular complexity index is 1490. The number of fused-ring (bicyclic) bond motifs is 1. The molecule has 0 radical (unpaired) electrons. The third kappa shape index (κ3) is 4.30. The fraction of sp³-hybridized carbons (Fsp3) is 0.200. The minimum Gasteiger partial charge on any atom is -0.345 e. The number of H-pyrrole nitrogens is 1. The average molecular weight is 477 g/mol. The summed E-state index contributed by atoms with van der Waals surface area (Å²) in [4.78, 5) is 49.4. The van der Waals surface area contributed by atoms with Gasteiger partial charge in [0.25, 0.3) is 17.4 Å². The van der Waals surface area contributed by atoms with Crippen molar-refractivity contribution in [1.82, 2.24) is 24.3 Å². The number of piperazine rings is 1. The van der Waals surface area contributed by atoms with E-state index in [9.17, 15) is 23.2 Å². The van der Waals surface area contributed by atoms with Gasteiger partial charge in [0.05, 0.1) is 12.1 Å². The van der Waals surface area contributed by atoms with Gasteiger partial charge in [-0.25, -0.2) is 13.8 Å². The van der Waals surface area contributed by atoms with Gasteiger partial charge in [-0.3, -0.25) is 14.4 Å². The number of aromatic nitrogens is 3. The average Bonchev–Trinajstić information content (AvgIpc) is 3.31. The highest BCUT2D eigenvalue weighted by Crippen LogP contribution is 2.19. The summed E-state index contributed by atoms with van der Waals surface area (Å²) in [6.07, 6.45) is 4.77. The summed E-state index contributed by atoms with van der Waals surface area (Å²) in [6, 6.07) is 10.0. The molecule has 0 bridgehead atoms.